The van der Waals surface area contributed by atoms with Crippen molar-refractivity contribution in [3.8, 4) is 0 Å². The predicted molar refractivity (Wildman–Crippen MR) is 55.0 cm³/mol. The zero-order valence-corrected chi connectivity index (χ0v) is 8.70. The molecule has 1 unspecified atom stereocenters. The van der Waals surface area contributed by atoms with E-state index in [1.165, 1.54) is 0 Å². The van der Waals surface area contributed by atoms with Crippen LogP contribution in [0.1, 0.15) is 6.42 Å². The van der Waals surface area contributed by atoms with Crippen molar-refractivity contribution >= 4 is 26.2 Å². The summed E-state index contributed by atoms with van der Waals surface area (Å²) in [6, 6.07) is 4.04. The van der Waals surface area contributed by atoms with Crippen LogP contribution in [-0.4, -0.2) is 26.0 Å². The van der Waals surface area contributed by atoms with Gasteiger partial charge in [-0.15, -0.1) is 11.3 Å². The second kappa shape index (κ2) is 3.31. The molecule has 1 aromatic heterocycles. The summed E-state index contributed by atoms with van der Waals surface area (Å²) in [5.74, 6) is 0.612. The summed E-state index contributed by atoms with van der Waals surface area (Å²) in [5.41, 5.74) is 0. The van der Waals surface area contributed by atoms with E-state index in [2.05, 4.69) is 5.32 Å². The summed E-state index contributed by atoms with van der Waals surface area (Å²) in [6.07, 6.45) is 0.736. The Hall–Kier alpha value is -0.550. The van der Waals surface area contributed by atoms with Gasteiger partial charge in [-0.25, -0.2) is 8.42 Å². The van der Waals surface area contributed by atoms with E-state index in [1.54, 1.807) is 11.3 Å². The average Bonchev–Trinajstić information content (AvgIpc) is 2.61. The van der Waals surface area contributed by atoms with Crippen LogP contribution in [0.15, 0.2) is 17.5 Å². The van der Waals surface area contributed by atoms with Gasteiger partial charge in [0.05, 0.1) is 16.5 Å². The van der Waals surface area contributed by atoms with Crippen LogP contribution in [0.5, 0.6) is 0 Å². The number of sulfone groups is 1. The van der Waals surface area contributed by atoms with Gasteiger partial charge in [0.2, 0.25) is 0 Å². The molecule has 0 aliphatic carbocycles. The SMILES string of the molecule is O=S1(=O)CCC(Nc2cccs2)C1. The Balaban J connectivity index is 1.99. The van der Waals surface area contributed by atoms with Crippen LogP contribution in [0, 0.1) is 0 Å². The number of hydrogen-bond acceptors (Lipinski definition) is 4. The Bertz CT molecular complexity index is 369. The van der Waals surface area contributed by atoms with Crippen molar-refractivity contribution in [2.75, 3.05) is 16.8 Å². The van der Waals surface area contributed by atoms with Gasteiger partial charge in [-0.3, -0.25) is 0 Å². The molecule has 3 nitrogen and oxygen atoms in total. The van der Waals surface area contributed by atoms with Crippen molar-refractivity contribution in [1.29, 1.82) is 0 Å². The standard InChI is InChI=1S/C8H11NO2S2/c10-13(11)5-3-7(6-13)9-8-2-1-4-12-8/h1-2,4,7,9H,3,5-6H2. The Morgan fingerprint density at radius 1 is 1.54 bits per heavy atom. The summed E-state index contributed by atoms with van der Waals surface area (Å²) in [7, 11) is -2.76. The summed E-state index contributed by atoms with van der Waals surface area (Å²) < 4.78 is 22.3. The lowest BCUT2D eigenvalue weighted by atomic mass is 10.3. The van der Waals surface area contributed by atoms with Crippen LogP contribution in [0.4, 0.5) is 5.00 Å². The van der Waals surface area contributed by atoms with Crippen LogP contribution in [-0.2, 0) is 9.84 Å². The Labute approximate surface area is 81.7 Å². The van der Waals surface area contributed by atoms with Crippen LogP contribution in [0.2, 0.25) is 0 Å². The minimum absolute atomic E-state index is 0.114. The molecule has 1 aliphatic heterocycles. The first-order valence-electron chi connectivity index (χ1n) is 4.16. The molecule has 0 radical (unpaired) electrons. The van der Waals surface area contributed by atoms with Gasteiger partial charge in [0.25, 0.3) is 0 Å². The fraction of sp³-hybridized carbons (Fsp3) is 0.500. The lowest BCUT2D eigenvalue weighted by molar-refractivity contribution is 0.602. The first-order chi connectivity index (χ1) is 6.16. The molecule has 2 rings (SSSR count). The summed E-state index contributed by atoms with van der Waals surface area (Å²) >= 11 is 1.60. The maximum Gasteiger partial charge on any atom is 0.152 e. The van der Waals surface area contributed by atoms with E-state index >= 15 is 0 Å². The van der Waals surface area contributed by atoms with Gasteiger partial charge in [-0.1, -0.05) is 0 Å². The predicted octanol–water partition coefficient (Wildman–Crippen LogP) is 1.35. The van der Waals surface area contributed by atoms with E-state index in [0.717, 1.165) is 11.4 Å². The highest BCUT2D eigenvalue weighted by molar-refractivity contribution is 7.91. The maximum atomic E-state index is 11.1. The molecule has 0 bridgehead atoms. The van der Waals surface area contributed by atoms with E-state index in [4.69, 9.17) is 0 Å². The minimum Gasteiger partial charge on any atom is -0.373 e. The smallest absolute Gasteiger partial charge is 0.152 e. The third kappa shape index (κ3) is 2.22. The molecule has 1 saturated heterocycles. The fourth-order valence-corrected chi connectivity index (χ4v) is 3.84. The third-order valence-corrected chi connectivity index (χ3v) is 4.67. The lowest BCUT2D eigenvalue weighted by Crippen LogP contribution is -2.19. The molecule has 0 spiro atoms. The Morgan fingerprint density at radius 2 is 2.38 bits per heavy atom. The highest BCUT2D eigenvalue weighted by Crippen LogP contribution is 2.20. The molecule has 1 aromatic rings. The zero-order valence-electron chi connectivity index (χ0n) is 7.06. The summed E-state index contributed by atoms with van der Waals surface area (Å²) in [6.45, 7) is 0. The molecule has 0 saturated carbocycles. The molecule has 2 heterocycles. The normalized spacial score (nSPS) is 26.0. The molecule has 5 heteroatoms. The third-order valence-electron chi connectivity index (χ3n) is 2.10. The highest BCUT2D eigenvalue weighted by atomic mass is 32.2. The van der Waals surface area contributed by atoms with Crippen LogP contribution >= 0.6 is 11.3 Å². The molecule has 1 atom stereocenters. The van der Waals surface area contributed by atoms with Gasteiger partial charge in [0.15, 0.2) is 9.84 Å². The first-order valence-corrected chi connectivity index (χ1v) is 6.86. The van der Waals surface area contributed by atoms with Gasteiger partial charge in [0.1, 0.15) is 0 Å². The number of thiophene rings is 1. The van der Waals surface area contributed by atoms with E-state index in [0.29, 0.717) is 5.75 Å². The zero-order chi connectivity index (χ0) is 9.31. The van der Waals surface area contributed by atoms with E-state index in [-0.39, 0.29) is 11.8 Å². The molecule has 1 N–H and O–H groups in total. The Morgan fingerprint density at radius 3 is 2.92 bits per heavy atom. The van der Waals surface area contributed by atoms with Crippen molar-refractivity contribution in [3.05, 3.63) is 17.5 Å². The number of hydrogen-bond donors (Lipinski definition) is 1. The second-order valence-corrected chi connectivity index (χ2v) is 6.40. The molecule has 0 amide bonds. The van der Waals surface area contributed by atoms with Crippen molar-refractivity contribution in [3.63, 3.8) is 0 Å². The number of anilines is 1. The molecule has 72 valence electrons. The van der Waals surface area contributed by atoms with Crippen molar-refractivity contribution < 1.29 is 8.42 Å². The molecule has 0 aromatic carbocycles. The van der Waals surface area contributed by atoms with Gasteiger partial charge < -0.3 is 5.32 Å². The molecule has 13 heavy (non-hydrogen) atoms. The monoisotopic (exact) mass is 217 g/mol. The largest absolute Gasteiger partial charge is 0.373 e. The second-order valence-electron chi connectivity index (χ2n) is 3.22. The summed E-state index contributed by atoms with van der Waals surface area (Å²) in [4.78, 5) is 0. The van der Waals surface area contributed by atoms with Gasteiger partial charge in [-0.05, 0) is 23.9 Å². The van der Waals surface area contributed by atoms with Crippen molar-refractivity contribution in [2.24, 2.45) is 0 Å². The van der Waals surface area contributed by atoms with Crippen molar-refractivity contribution in [1.82, 2.24) is 0 Å². The molecule has 1 fully saturated rings. The first kappa shape index (κ1) is 9.02. The summed E-state index contributed by atoms with van der Waals surface area (Å²) in [5, 5.41) is 6.25. The van der Waals surface area contributed by atoms with Crippen LogP contribution < -0.4 is 5.32 Å². The Kier molecular flexibility index (Phi) is 2.29. The van der Waals surface area contributed by atoms with Crippen LogP contribution in [0.25, 0.3) is 0 Å². The van der Waals surface area contributed by atoms with E-state index in [9.17, 15) is 8.42 Å². The van der Waals surface area contributed by atoms with Gasteiger partial charge in [-0.2, -0.15) is 0 Å². The van der Waals surface area contributed by atoms with Crippen molar-refractivity contribution in [2.45, 2.75) is 12.5 Å². The lowest BCUT2D eigenvalue weighted by Gasteiger charge is -2.08. The number of rotatable bonds is 2. The van der Waals surface area contributed by atoms with Crippen LogP contribution in [0.3, 0.4) is 0 Å². The molecular formula is C8H11NO2S2. The van der Waals surface area contributed by atoms with Gasteiger partial charge in [0, 0.05) is 6.04 Å². The minimum atomic E-state index is -2.76. The molecule has 1 aliphatic rings. The fourth-order valence-electron chi connectivity index (χ4n) is 1.47. The topological polar surface area (TPSA) is 46.2 Å². The quantitative estimate of drug-likeness (QED) is 0.813. The maximum absolute atomic E-state index is 11.1. The van der Waals surface area contributed by atoms with Gasteiger partial charge >= 0.3 is 0 Å². The van der Waals surface area contributed by atoms with E-state index < -0.39 is 9.84 Å². The molecular weight excluding hydrogens is 206 g/mol. The highest BCUT2D eigenvalue weighted by Gasteiger charge is 2.27. The van der Waals surface area contributed by atoms with E-state index in [1.807, 2.05) is 17.5 Å². The number of nitrogens with one attached hydrogen (secondary N) is 1. The average molecular weight is 217 g/mol.